The highest BCUT2D eigenvalue weighted by Crippen LogP contribution is 2.51. The second-order valence-electron chi connectivity index (χ2n) is 10.7. The number of aliphatic carboxylic acids is 1. The lowest BCUT2D eigenvalue weighted by Gasteiger charge is -2.47. The van der Waals surface area contributed by atoms with E-state index in [0.717, 1.165) is 12.3 Å². The first kappa shape index (κ1) is 38.9. The summed E-state index contributed by atoms with van der Waals surface area (Å²) in [4.78, 5) is 65.4. The maximum absolute atomic E-state index is 13.0. The Morgan fingerprint density at radius 3 is 2.55 bits per heavy atom. The van der Waals surface area contributed by atoms with Crippen molar-refractivity contribution in [3.63, 3.8) is 0 Å². The number of hydrogen-bond acceptors (Lipinski definition) is 19. The van der Waals surface area contributed by atoms with E-state index in [1.807, 2.05) is 0 Å². The number of nitrogens with one attached hydrogen (secondary N) is 1. The standard InChI is InChI=1S/C24H37N4O17PS/c25-14-3-4-28(23(39)27-14)20-17(35)18(36)21(42-20)44-46(40,41)45-24(22(37)38)7-12(31)11(19(43-24)16(34)13(32)9-29)6-10(30)8-26-15(33)2-1-5-47/h3-4,11-13,16-21,29,31-32,34-36,47H,1-2,5-9H2,(H,26,33)(H,37,38)(H,40,41)(H2,25,27,39)/p-1/t11-,12-,13-,16-,17?,18-,19?,20-,21-,24-/m1/s1. The van der Waals surface area contributed by atoms with Gasteiger partial charge in [0, 0.05) is 31.4 Å². The van der Waals surface area contributed by atoms with Gasteiger partial charge in [0.2, 0.25) is 5.91 Å². The Morgan fingerprint density at radius 1 is 1.28 bits per heavy atom. The van der Waals surface area contributed by atoms with Gasteiger partial charge >= 0.3 is 11.7 Å². The third kappa shape index (κ3) is 9.53. The fourth-order valence-corrected chi connectivity index (χ4v) is 6.08. The maximum Gasteiger partial charge on any atom is 0.364 e. The number of thiol groups is 1. The van der Waals surface area contributed by atoms with Gasteiger partial charge in [-0.15, -0.1) is 0 Å². The van der Waals surface area contributed by atoms with E-state index in [4.69, 9.17) is 19.7 Å². The van der Waals surface area contributed by atoms with Gasteiger partial charge in [-0.2, -0.15) is 17.6 Å². The molecule has 10 N–H and O–H groups in total. The molecule has 0 spiro atoms. The van der Waals surface area contributed by atoms with Crippen molar-refractivity contribution in [1.29, 1.82) is 0 Å². The monoisotopic (exact) mass is 715 g/mol. The summed E-state index contributed by atoms with van der Waals surface area (Å²) in [7, 11) is -6.02. The molecule has 2 saturated heterocycles. The summed E-state index contributed by atoms with van der Waals surface area (Å²) in [5, 5.41) is 74.0. The molecule has 1 aromatic heterocycles. The van der Waals surface area contributed by atoms with Gasteiger partial charge in [0.05, 0.1) is 25.4 Å². The van der Waals surface area contributed by atoms with Crippen LogP contribution in [0.1, 0.15) is 31.9 Å². The molecule has 0 bridgehead atoms. The van der Waals surface area contributed by atoms with E-state index in [9.17, 15) is 64.4 Å². The van der Waals surface area contributed by atoms with Crippen LogP contribution in [-0.4, -0.2) is 131 Å². The minimum absolute atomic E-state index is 0.0609. The van der Waals surface area contributed by atoms with Gasteiger partial charge in [0.1, 0.15) is 30.2 Å². The normalized spacial score (nSPS) is 31.9. The van der Waals surface area contributed by atoms with Crippen LogP contribution in [0.5, 0.6) is 0 Å². The number of aliphatic hydroxyl groups is 6. The van der Waals surface area contributed by atoms with E-state index in [1.54, 1.807) is 0 Å². The van der Waals surface area contributed by atoms with Gasteiger partial charge in [-0.3, -0.25) is 27.8 Å². The number of Topliss-reactive ketones (excluding diaryl/α,β-unsaturated/α-hetero) is 1. The first-order chi connectivity index (χ1) is 21.9. The summed E-state index contributed by atoms with van der Waals surface area (Å²) >= 11 is 3.98. The van der Waals surface area contributed by atoms with Crippen LogP contribution in [0.4, 0.5) is 5.82 Å². The third-order valence-corrected chi connectivity index (χ3v) is 8.59. The number of carboxylic acid groups (broad SMARTS) is 1. The van der Waals surface area contributed by atoms with E-state index in [1.165, 1.54) is 0 Å². The highest BCUT2D eigenvalue weighted by atomic mass is 32.1. The average Bonchev–Trinajstić information content (AvgIpc) is 3.26. The fourth-order valence-electron chi connectivity index (χ4n) is 4.89. The molecule has 11 atom stereocenters. The fraction of sp³-hybridized carbons (Fsp3) is 0.708. The quantitative estimate of drug-likeness (QED) is 0.0565. The average molecular weight is 716 g/mol. The summed E-state index contributed by atoms with van der Waals surface area (Å²) in [5.41, 5.74) is 4.35. The first-order valence-electron chi connectivity index (χ1n) is 14.0. The molecule has 3 rings (SSSR count). The Bertz CT molecular complexity index is 1390. The number of nitrogen functional groups attached to an aromatic ring is 1. The molecule has 2 fully saturated rings. The number of carboxylic acids is 1. The molecule has 21 nitrogen and oxygen atoms in total. The molecule has 23 heteroatoms. The number of aromatic nitrogens is 2. The third-order valence-electron chi connectivity index (χ3n) is 7.28. The number of carbonyl (C=O) groups excluding carboxylic acids is 2. The molecule has 3 heterocycles. The van der Waals surface area contributed by atoms with Crippen molar-refractivity contribution in [2.75, 3.05) is 24.6 Å². The highest BCUT2D eigenvalue weighted by molar-refractivity contribution is 7.80. The van der Waals surface area contributed by atoms with E-state index in [-0.39, 0.29) is 12.2 Å². The zero-order valence-electron chi connectivity index (χ0n) is 24.4. The van der Waals surface area contributed by atoms with Crippen LogP contribution in [0.25, 0.3) is 0 Å². The molecule has 0 radical (unpaired) electrons. The van der Waals surface area contributed by atoms with Crippen molar-refractivity contribution in [2.24, 2.45) is 5.92 Å². The minimum Gasteiger partial charge on any atom is -0.756 e. The van der Waals surface area contributed by atoms with Crippen molar-refractivity contribution in [3.8, 4) is 0 Å². The van der Waals surface area contributed by atoms with Gasteiger partial charge in [-0.25, -0.2) is 9.59 Å². The number of ether oxygens (including phenoxy) is 2. The number of phosphoric acid groups is 1. The van der Waals surface area contributed by atoms with Crippen LogP contribution in [0.2, 0.25) is 0 Å². The molecule has 3 unspecified atom stereocenters. The molecule has 266 valence electrons. The zero-order chi connectivity index (χ0) is 35.3. The number of phosphoric ester groups is 1. The second-order valence-corrected chi connectivity index (χ2v) is 12.5. The van der Waals surface area contributed by atoms with Crippen LogP contribution >= 0.6 is 20.5 Å². The number of ketones is 1. The Kier molecular flexibility index (Phi) is 13.4. The Morgan fingerprint density at radius 2 is 1.96 bits per heavy atom. The Hall–Kier alpha value is -2.57. The lowest BCUT2D eigenvalue weighted by atomic mass is 9.80. The maximum atomic E-state index is 13.0. The van der Waals surface area contributed by atoms with Crippen molar-refractivity contribution in [3.05, 3.63) is 22.7 Å². The number of carbonyl (C=O) groups is 3. The predicted molar refractivity (Wildman–Crippen MR) is 153 cm³/mol. The first-order valence-corrected chi connectivity index (χ1v) is 16.1. The van der Waals surface area contributed by atoms with E-state index < -0.39 is 118 Å². The lowest BCUT2D eigenvalue weighted by molar-refractivity contribution is -0.325. The largest absolute Gasteiger partial charge is 0.756 e. The van der Waals surface area contributed by atoms with Gasteiger partial charge in [-0.05, 0) is 18.2 Å². The molecule has 0 aromatic carbocycles. The molecule has 0 saturated carbocycles. The van der Waals surface area contributed by atoms with Crippen molar-refractivity contribution < 1.29 is 78.1 Å². The molecule has 0 aliphatic carbocycles. The number of nitrogens with zero attached hydrogens (tertiary/aromatic N) is 2. The van der Waals surface area contributed by atoms with Crippen LogP contribution in [0.15, 0.2) is 17.1 Å². The van der Waals surface area contributed by atoms with E-state index in [2.05, 4.69) is 27.5 Å². The Balaban J connectivity index is 1.82. The zero-order valence-corrected chi connectivity index (χ0v) is 26.2. The number of nitrogens with two attached hydrogens (primary N) is 1. The SMILES string of the molecule is Nc1ccn([C@@H]2O[C@H](OP(=O)([O-])O[C@@]3(C(=O)O)C[C@@H](O)[C@@H](CC(=O)CNC(=O)CCCS)C([C@H](O)[C@H](O)CO)O3)[C@H](O)C2O)c(=O)n1. The molecule has 47 heavy (non-hydrogen) atoms. The van der Waals surface area contributed by atoms with Crippen molar-refractivity contribution in [1.82, 2.24) is 14.9 Å². The highest BCUT2D eigenvalue weighted by Gasteiger charge is 2.58. The number of aliphatic hydroxyl groups excluding tert-OH is 6. The van der Waals surface area contributed by atoms with Crippen LogP contribution in [-0.2, 0) is 37.5 Å². The van der Waals surface area contributed by atoms with Crippen LogP contribution in [0.3, 0.4) is 0 Å². The lowest BCUT2D eigenvalue weighted by Crippen LogP contribution is -2.62. The minimum atomic E-state index is -6.02. The summed E-state index contributed by atoms with van der Waals surface area (Å²) in [6.45, 7) is -1.66. The van der Waals surface area contributed by atoms with Gasteiger partial charge in [0.15, 0.2) is 18.3 Å². The van der Waals surface area contributed by atoms with E-state index in [0.29, 0.717) is 16.7 Å². The van der Waals surface area contributed by atoms with Crippen LogP contribution < -0.4 is 21.6 Å². The van der Waals surface area contributed by atoms with Gasteiger partial charge in [-0.1, -0.05) is 0 Å². The molecular formula is C24H36N4O17PS-. The number of hydrogen-bond donors (Lipinski definition) is 10. The van der Waals surface area contributed by atoms with Gasteiger partial charge < -0.3 is 61.2 Å². The molecular weight excluding hydrogens is 679 g/mol. The number of anilines is 1. The summed E-state index contributed by atoms with van der Waals surface area (Å²) in [6.07, 6.45) is -17.0. The number of amides is 1. The van der Waals surface area contributed by atoms with Crippen molar-refractivity contribution >= 4 is 43.9 Å². The smallest absolute Gasteiger partial charge is 0.364 e. The Labute approximate surface area is 270 Å². The number of rotatable bonds is 16. The molecule has 2 aliphatic heterocycles. The topological polar surface area (TPSA) is 343 Å². The molecule has 2 aliphatic rings. The van der Waals surface area contributed by atoms with Crippen molar-refractivity contribution in [2.45, 2.75) is 80.6 Å². The van der Waals surface area contributed by atoms with Crippen LogP contribution in [0, 0.1) is 5.92 Å². The predicted octanol–water partition coefficient (Wildman–Crippen LogP) is -5.05. The summed E-state index contributed by atoms with van der Waals surface area (Å²) in [5.74, 6) is -8.13. The van der Waals surface area contributed by atoms with E-state index >= 15 is 0 Å². The van der Waals surface area contributed by atoms with Gasteiger partial charge in [0.25, 0.3) is 13.6 Å². The second kappa shape index (κ2) is 16.2. The summed E-state index contributed by atoms with van der Waals surface area (Å²) < 4.78 is 33.5. The summed E-state index contributed by atoms with van der Waals surface area (Å²) in [6, 6.07) is 1.13. The molecule has 1 amide bonds. The molecule has 1 aromatic rings.